The maximum Gasteiger partial charge on any atom is 0.261 e. The smallest absolute Gasteiger partial charge is 0.261 e. The molecule has 0 radical (unpaired) electrons. The first kappa shape index (κ1) is 18.8. The van der Waals surface area contributed by atoms with E-state index in [1.54, 1.807) is 30.3 Å². The number of fused-ring (bicyclic) bond motifs is 1. The molecule has 0 unspecified atom stereocenters. The Balaban J connectivity index is 1.32. The van der Waals surface area contributed by atoms with Gasteiger partial charge >= 0.3 is 0 Å². The van der Waals surface area contributed by atoms with Gasteiger partial charge < -0.3 is 10.2 Å². The van der Waals surface area contributed by atoms with Gasteiger partial charge in [-0.3, -0.25) is 24.1 Å². The van der Waals surface area contributed by atoms with Crippen molar-refractivity contribution in [2.24, 2.45) is 0 Å². The molecule has 0 aliphatic carbocycles. The second-order valence-electron chi connectivity index (χ2n) is 7.01. The van der Waals surface area contributed by atoms with Gasteiger partial charge in [0.2, 0.25) is 11.8 Å². The molecular weight excluding hydrogens is 377 g/mol. The predicted octanol–water partition coefficient (Wildman–Crippen LogP) is 1.73. The molecule has 1 atom stereocenters. The summed E-state index contributed by atoms with van der Waals surface area (Å²) in [5, 5.41) is 2.75. The number of anilines is 1. The van der Waals surface area contributed by atoms with E-state index in [9.17, 15) is 23.6 Å². The van der Waals surface area contributed by atoms with Crippen LogP contribution in [-0.2, 0) is 9.59 Å². The Hall–Kier alpha value is -3.55. The minimum Gasteiger partial charge on any atom is -0.351 e. The van der Waals surface area contributed by atoms with Gasteiger partial charge in [-0.1, -0.05) is 18.2 Å². The van der Waals surface area contributed by atoms with Gasteiger partial charge in [-0.2, -0.15) is 0 Å². The molecule has 29 heavy (non-hydrogen) atoms. The van der Waals surface area contributed by atoms with Crippen LogP contribution in [0.2, 0.25) is 0 Å². The van der Waals surface area contributed by atoms with Crippen molar-refractivity contribution in [3.05, 3.63) is 65.5 Å². The van der Waals surface area contributed by atoms with E-state index in [4.69, 9.17) is 0 Å². The van der Waals surface area contributed by atoms with Crippen molar-refractivity contribution < 1.29 is 23.6 Å². The van der Waals surface area contributed by atoms with Crippen LogP contribution in [0.15, 0.2) is 48.5 Å². The number of nitrogens with zero attached hydrogens (tertiary/aromatic N) is 2. The number of hydrogen-bond donors (Lipinski definition) is 1. The van der Waals surface area contributed by atoms with Gasteiger partial charge in [0.05, 0.1) is 17.2 Å². The Morgan fingerprint density at radius 3 is 2.38 bits per heavy atom. The van der Waals surface area contributed by atoms with Gasteiger partial charge in [-0.25, -0.2) is 4.39 Å². The summed E-state index contributed by atoms with van der Waals surface area (Å²) in [6.45, 7) is 0.202. The molecule has 8 heteroatoms. The quantitative estimate of drug-likeness (QED) is 0.782. The van der Waals surface area contributed by atoms with Gasteiger partial charge in [-0.05, 0) is 30.3 Å². The minimum atomic E-state index is -0.441. The number of amides is 4. The fraction of sp³-hybridized carbons (Fsp3) is 0.238. The maximum atomic E-state index is 13.4. The first-order valence-electron chi connectivity index (χ1n) is 9.24. The topological polar surface area (TPSA) is 86.8 Å². The number of nitrogens with one attached hydrogen (secondary N) is 1. The standard InChI is InChI=1S/C21H18FN3O4/c22-13-4-3-5-15(10-13)25-12-14(11-19(25)27)23-18(26)8-9-24-20(28)16-6-1-2-7-17(16)21(24)29/h1-7,10,14H,8-9,11-12H2,(H,23,26)/t14-/m0/s1. The lowest BCUT2D eigenvalue weighted by Crippen LogP contribution is -2.40. The molecule has 2 aromatic carbocycles. The zero-order chi connectivity index (χ0) is 20.5. The molecule has 4 amide bonds. The fourth-order valence-corrected chi connectivity index (χ4v) is 3.65. The molecule has 4 rings (SSSR count). The summed E-state index contributed by atoms with van der Waals surface area (Å²) in [5.41, 5.74) is 1.12. The van der Waals surface area contributed by atoms with Crippen molar-refractivity contribution in [3.63, 3.8) is 0 Å². The van der Waals surface area contributed by atoms with Crippen LogP contribution in [0.1, 0.15) is 33.6 Å². The van der Waals surface area contributed by atoms with E-state index in [1.165, 1.54) is 23.1 Å². The van der Waals surface area contributed by atoms with Crippen LogP contribution >= 0.6 is 0 Å². The zero-order valence-corrected chi connectivity index (χ0v) is 15.4. The number of carbonyl (C=O) groups excluding carboxylic acids is 4. The molecule has 0 aromatic heterocycles. The number of carbonyl (C=O) groups is 4. The third-order valence-corrected chi connectivity index (χ3v) is 5.05. The van der Waals surface area contributed by atoms with Crippen molar-refractivity contribution in [1.82, 2.24) is 10.2 Å². The Bertz CT molecular complexity index is 987. The summed E-state index contributed by atoms with van der Waals surface area (Å²) in [6, 6.07) is 11.8. The van der Waals surface area contributed by atoms with Gasteiger partial charge in [0.15, 0.2) is 0 Å². The lowest BCUT2D eigenvalue weighted by atomic mass is 10.1. The second kappa shape index (κ2) is 7.46. The van der Waals surface area contributed by atoms with Crippen LogP contribution in [0.4, 0.5) is 10.1 Å². The fourth-order valence-electron chi connectivity index (χ4n) is 3.65. The number of benzene rings is 2. The summed E-state index contributed by atoms with van der Waals surface area (Å²) in [6.07, 6.45) is 0.0470. The average Bonchev–Trinajstić information content (AvgIpc) is 3.18. The Kier molecular flexibility index (Phi) is 4.84. The molecule has 2 aliphatic heterocycles. The van der Waals surface area contributed by atoms with Crippen molar-refractivity contribution in [2.45, 2.75) is 18.9 Å². The summed E-state index contributed by atoms with van der Waals surface area (Å²) in [5.74, 6) is -1.83. The van der Waals surface area contributed by atoms with Gasteiger partial charge in [0, 0.05) is 31.6 Å². The molecule has 1 fully saturated rings. The summed E-state index contributed by atoms with van der Waals surface area (Å²) >= 11 is 0. The third-order valence-electron chi connectivity index (χ3n) is 5.05. The summed E-state index contributed by atoms with van der Waals surface area (Å²) in [7, 11) is 0. The molecule has 7 nitrogen and oxygen atoms in total. The van der Waals surface area contributed by atoms with E-state index in [0.29, 0.717) is 16.8 Å². The second-order valence-corrected chi connectivity index (χ2v) is 7.01. The minimum absolute atomic E-state index is 0.0353. The molecule has 0 spiro atoms. The molecule has 1 saturated heterocycles. The van der Waals surface area contributed by atoms with Crippen LogP contribution in [-0.4, -0.2) is 47.7 Å². The van der Waals surface area contributed by atoms with E-state index < -0.39 is 23.7 Å². The van der Waals surface area contributed by atoms with Crippen LogP contribution in [0.5, 0.6) is 0 Å². The highest BCUT2D eigenvalue weighted by Crippen LogP contribution is 2.24. The van der Waals surface area contributed by atoms with Crippen LogP contribution in [0.25, 0.3) is 0 Å². The van der Waals surface area contributed by atoms with Crippen molar-refractivity contribution >= 4 is 29.3 Å². The summed E-state index contributed by atoms with van der Waals surface area (Å²) in [4.78, 5) is 51.6. The monoisotopic (exact) mass is 395 g/mol. The van der Waals surface area contributed by atoms with Gasteiger partial charge in [0.25, 0.3) is 11.8 Å². The molecule has 2 heterocycles. The molecule has 2 aromatic rings. The van der Waals surface area contributed by atoms with E-state index >= 15 is 0 Å². The normalized spacial score (nSPS) is 18.4. The lowest BCUT2D eigenvalue weighted by Gasteiger charge is -2.18. The first-order chi connectivity index (χ1) is 13.9. The molecule has 1 N–H and O–H groups in total. The Morgan fingerprint density at radius 2 is 1.72 bits per heavy atom. The van der Waals surface area contributed by atoms with Crippen LogP contribution in [0, 0.1) is 5.82 Å². The number of hydrogen-bond acceptors (Lipinski definition) is 4. The van der Waals surface area contributed by atoms with Crippen LogP contribution in [0.3, 0.4) is 0 Å². The van der Waals surface area contributed by atoms with Crippen molar-refractivity contribution in [2.75, 3.05) is 18.0 Å². The van der Waals surface area contributed by atoms with E-state index in [0.717, 1.165) is 4.90 Å². The van der Waals surface area contributed by atoms with Crippen molar-refractivity contribution in [1.29, 1.82) is 0 Å². The van der Waals surface area contributed by atoms with E-state index in [2.05, 4.69) is 5.32 Å². The number of imide groups is 1. The first-order valence-corrected chi connectivity index (χ1v) is 9.24. The highest BCUT2D eigenvalue weighted by Gasteiger charge is 2.36. The van der Waals surface area contributed by atoms with Gasteiger partial charge in [0.1, 0.15) is 5.82 Å². The van der Waals surface area contributed by atoms with Gasteiger partial charge in [-0.15, -0.1) is 0 Å². The highest BCUT2D eigenvalue weighted by molar-refractivity contribution is 6.21. The third kappa shape index (κ3) is 3.61. The van der Waals surface area contributed by atoms with Crippen LogP contribution < -0.4 is 10.2 Å². The zero-order valence-electron chi connectivity index (χ0n) is 15.4. The molecule has 0 saturated carbocycles. The molecule has 148 valence electrons. The number of halogens is 1. The highest BCUT2D eigenvalue weighted by atomic mass is 19.1. The number of rotatable bonds is 5. The molecular formula is C21H18FN3O4. The Morgan fingerprint density at radius 1 is 1.03 bits per heavy atom. The van der Waals surface area contributed by atoms with Crippen molar-refractivity contribution in [3.8, 4) is 0 Å². The maximum absolute atomic E-state index is 13.4. The summed E-state index contributed by atoms with van der Waals surface area (Å²) < 4.78 is 13.4. The Labute approximate surface area is 166 Å². The predicted molar refractivity (Wildman–Crippen MR) is 102 cm³/mol. The average molecular weight is 395 g/mol. The SMILES string of the molecule is O=C(CCN1C(=O)c2ccccc2C1=O)N[C@H]1CC(=O)N(c2cccc(F)c2)C1. The molecule has 0 bridgehead atoms. The van der Waals surface area contributed by atoms with E-state index in [-0.39, 0.29) is 37.7 Å². The van der Waals surface area contributed by atoms with E-state index in [1.807, 2.05) is 0 Å². The lowest BCUT2D eigenvalue weighted by molar-refractivity contribution is -0.121. The molecule has 2 aliphatic rings. The largest absolute Gasteiger partial charge is 0.351 e.